The summed E-state index contributed by atoms with van der Waals surface area (Å²) < 4.78 is 1.33. The number of hydrogen-bond acceptors (Lipinski definition) is 3. The van der Waals surface area contributed by atoms with E-state index in [2.05, 4.69) is 22.4 Å². The van der Waals surface area contributed by atoms with Crippen molar-refractivity contribution in [2.75, 3.05) is 0 Å². The van der Waals surface area contributed by atoms with E-state index in [1.165, 1.54) is 28.0 Å². The standard InChI is InChI=1S/C17H19N3O3/c21-15(8-10-20-11-9-16(22)19-17(20)23)18-14-7-3-5-12-4-1-2-6-13(12)14/h1-2,4,6,9,11,14H,3,5,7-8,10H2,(H,18,21)(H,19,22,23). The maximum atomic E-state index is 12.2. The number of benzene rings is 1. The minimum atomic E-state index is -0.492. The van der Waals surface area contributed by atoms with E-state index in [0.29, 0.717) is 0 Å². The molecule has 1 amide bonds. The summed E-state index contributed by atoms with van der Waals surface area (Å²) in [6.07, 6.45) is 4.65. The highest BCUT2D eigenvalue weighted by atomic mass is 16.2. The number of aryl methyl sites for hydroxylation is 2. The van der Waals surface area contributed by atoms with Gasteiger partial charge < -0.3 is 9.88 Å². The zero-order valence-electron chi connectivity index (χ0n) is 12.7. The van der Waals surface area contributed by atoms with Crippen LogP contribution in [0, 0.1) is 0 Å². The number of carbonyl (C=O) groups is 1. The van der Waals surface area contributed by atoms with Gasteiger partial charge in [-0.25, -0.2) is 4.79 Å². The fourth-order valence-corrected chi connectivity index (χ4v) is 3.01. The highest BCUT2D eigenvalue weighted by molar-refractivity contribution is 5.76. The monoisotopic (exact) mass is 313 g/mol. The first kappa shape index (κ1) is 15.3. The van der Waals surface area contributed by atoms with Crippen LogP contribution in [-0.4, -0.2) is 15.5 Å². The maximum Gasteiger partial charge on any atom is 0.328 e. The Labute approximate surface area is 133 Å². The Morgan fingerprint density at radius 3 is 2.91 bits per heavy atom. The van der Waals surface area contributed by atoms with Gasteiger partial charge in [0, 0.05) is 25.2 Å². The van der Waals surface area contributed by atoms with E-state index in [1.54, 1.807) is 0 Å². The van der Waals surface area contributed by atoms with Gasteiger partial charge >= 0.3 is 5.69 Å². The molecular weight excluding hydrogens is 294 g/mol. The summed E-state index contributed by atoms with van der Waals surface area (Å²) in [5.74, 6) is -0.0928. The van der Waals surface area contributed by atoms with Crippen LogP contribution in [0.1, 0.15) is 36.4 Å². The first-order valence-corrected chi connectivity index (χ1v) is 7.80. The van der Waals surface area contributed by atoms with Crippen LogP contribution in [0.25, 0.3) is 0 Å². The molecule has 6 nitrogen and oxygen atoms in total. The largest absolute Gasteiger partial charge is 0.349 e. The number of nitrogens with one attached hydrogen (secondary N) is 2. The lowest BCUT2D eigenvalue weighted by Crippen LogP contribution is -2.33. The van der Waals surface area contributed by atoms with E-state index in [9.17, 15) is 14.4 Å². The summed E-state index contributed by atoms with van der Waals surface area (Å²) in [4.78, 5) is 36.9. The molecule has 0 saturated carbocycles. The summed E-state index contributed by atoms with van der Waals surface area (Å²) in [7, 11) is 0. The molecule has 1 aromatic carbocycles. The predicted octanol–water partition coefficient (Wildman–Crippen LogP) is 1.12. The van der Waals surface area contributed by atoms with Crippen molar-refractivity contribution in [1.82, 2.24) is 14.9 Å². The van der Waals surface area contributed by atoms with Crippen molar-refractivity contribution in [3.63, 3.8) is 0 Å². The first-order valence-electron chi connectivity index (χ1n) is 7.80. The molecule has 1 atom stereocenters. The number of nitrogens with zero attached hydrogens (tertiary/aromatic N) is 1. The van der Waals surface area contributed by atoms with E-state index in [-0.39, 0.29) is 24.9 Å². The van der Waals surface area contributed by atoms with Crippen LogP contribution in [0.3, 0.4) is 0 Å². The fraction of sp³-hybridized carbons (Fsp3) is 0.353. The third-order valence-corrected chi connectivity index (χ3v) is 4.18. The molecule has 6 heteroatoms. The average Bonchev–Trinajstić information content (AvgIpc) is 2.54. The highest BCUT2D eigenvalue weighted by Gasteiger charge is 2.21. The number of fused-ring (bicyclic) bond motifs is 1. The van der Waals surface area contributed by atoms with Crippen molar-refractivity contribution >= 4 is 5.91 Å². The quantitative estimate of drug-likeness (QED) is 0.887. The van der Waals surface area contributed by atoms with Gasteiger partial charge in [-0.2, -0.15) is 0 Å². The number of H-pyrrole nitrogens is 1. The van der Waals surface area contributed by atoms with Gasteiger partial charge in [0.05, 0.1) is 6.04 Å². The third-order valence-electron chi connectivity index (χ3n) is 4.18. The Balaban J connectivity index is 1.62. The normalized spacial score (nSPS) is 16.6. The SMILES string of the molecule is O=C(CCn1ccc(=O)[nH]c1=O)NC1CCCc2ccccc21. The molecule has 0 fully saturated rings. The van der Waals surface area contributed by atoms with Crippen LogP contribution in [-0.2, 0) is 17.8 Å². The van der Waals surface area contributed by atoms with Gasteiger partial charge in [-0.3, -0.25) is 14.6 Å². The first-order chi connectivity index (χ1) is 11.1. The Morgan fingerprint density at radius 2 is 2.09 bits per heavy atom. The van der Waals surface area contributed by atoms with Crippen molar-refractivity contribution < 1.29 is 4.79 Å². The number of hydrogen-bond donors (Lipinski definition) is 2. The Bertz CT molecular complexity index is 822. The second-order valence-electron chi connectivity index (χ2n) is 5.76. The molecule has 0 spiro atoms. The van der Waals surface area contributed by atoms with Crippen LogP contribution < -0.4 is 16.6 Å². The molecule has 0 bridgehead atoms. The second kappa shape index (κ2) is 6.64. The summed E-state index contributed by atoms with van der Waals surface area (Å²) in [6.45, 7) is 0.246. The van der Waals surface area contributed by atoms with Gasteiger partial charge in [-0.15, -0.1) is 0 Å². The average molecular weight is 313 g/mol. The summed E-state index contributed by atoms with van der Waals surface area (Å²) in [5, 5.41) is 3.05. The van der Waals surface area contributed by atoms with E-state index in [0.717, 1.165) is 19.3 Å². The Kier molecular flexibility index (Phi) is 4.41. The third kappa shape index (κ3) is 3.59. The lowest BCUT2D eigenvalue weighted by molar-refractivity contribution is -0.122. The Morgan fingerprint density at radius 1 is 1.26 bits per heavy atom. The van der Waals surface area contributed by atoms with Gasteiger partial charge in [-0.1, -0.05) is 24.3 Å². The number of rotatable bonds is 4. The van der Waals surface area contributed by atoms with Crippen molar-refractivity contribution in [1.29, 1.82) is 0 Å². The van der Waals surface area contributed by atoms with Crippen molar-refractivity contribution in [3.8, 4) is 0 Å². The molecule has 2 N–H and O–H groups in total. The van der Waals surface area contributed by atoms with Gasteiger partial charge in [0.25, 0.3) is 5.56 Å². The van der Waals surface area contributed by atoms with E-state index in [4.69, 9.17) is 0 Å². The van der Waals surface area contributed by atoms with E-state index in [1.807, 2.05) is 12.1 Å². The number of amides is 1. The minimum absolute atomic E-state index is 0.0414. The highest BCUT2D eigenvalue weighted by Crippen LogP contribution is 2.29. The molecule has 3 rings (SSSR count). The molecule has 0 saturated heterocycles. The van der Waals surface area contributed by atoms with Gasteiger partial charge in [0.1, 0.15) is 0 Å². The van der Waals surface area contributed by atoms with E-state index >= 15 is 0 Å². The molecule has 1 unspecified atom stereocenters. The molecule has 2 aromatic rings. The Hall–Kier alpha value is -2.63. The van der Waals surface area contributed by atoms with Crippen LogP contribution in [0.4, 0.5) is 0 Å². The predicted molar refractivity (Wildman–Crippen MR) is 86.2 cm³/mol. The lowest BCUT2D eigenvalue weighted by Gasteiger charge is -2.26. The number of carbonyl (C=O) groups excluding carboxylic acids is 1. The summed E-state index contributed by atoms with van der Waals surface area (Å²) in [5.41, 5.74) is 1.55. The van der Waals surface area contributed by atoms with Gasteiger partial charge in [0.15, 0.2) is 0 Å². The number of aromatic nitrogens is 2. The maximum absolute atomic E-state index is 12.2. The summed E-state index contributed by atoms with van der Waals surface area (Å²) in [6, 6.07) is 9.49. The lowest BCUT2D eigenvalue weighted by atomic mass is 9.88. The molecule has 1 aliphatic rings. The summed E-state index contributed by atoms with van der Waals surface area (Å²) >= 11 is 0. The molecule has 0 aliphatic heterocycles. The molecule has 1 aliphatic carbocycles. The smallest absolute Gasteiger partial charge is 0.328 e. The van der Waals surface area contributed by atoms with Crippen molar-refractivity contribution in [2.24, 2.45) is 0 Å². The van der Waals surface area contributed by atoms with Crippen LogP contribution in [0.2, 0.25) is 0 Å². The minimum Gasteiger partial charge on any atom is -0.349 e. The van der Waals surface area contributed by atoms with Crippen LogP contribution in [0.15, 0.2) is 46.1 Å². The van der Waals surface area contributed by atoms with E-state index < -0.39 is 11.2 Å². The molecule has 1 heterocycles. The van der Waals surface area contributed by atoms with Crippen molar-refractivity contribution in [3.05, 3.63) is 68.5 Å². The van der Waals surface area contributed by atoms with Crippen molar-refractivity contribution in [2.45, 2.75) is 38.3 Å². The molecule has 23 heavy (non-hydrogen) atoms. The topological polar surface area (TPSA) is 84.0 Å². The van der Waals surface area contributed by atoms with Crippen LogP contribution in [0.5, 0.6) is 0 Å². The fourth-order valence-electron chi connectivity index (χ4n) is 3.01. The zero-order valence-corrected chi connectivity index (χ0v) is 12.7. The molecule has 1 aromatic heterocycles. The zero-order chi connectivity index (χ0) is 16.2. The molecule has 120 valence electrons. The second-order valence-corrected chi connectivity index (χ2v) is 5.76. The molecule has 0 radical (unpaired) electrons. The van der Waals surface area contributed by atoms with Crippen LogP contribution >= 0.6 is 0 Å². The van der Waals surface area contributed by atoms with Gasteiger partial charge in [-0.05, 0) is 30.4 Å². The van der Waals surface area contributed by atoms with Gasteiger partial charge in [0.2, 0.25) is 5.91 Å². The number of aromatic amines is 1. The molecular formula is C17H19N3O3.